The zero-order valence-corrected chi connectivity index (χ0v) is 8.34. The fraction of sp³-hybridized carbons (Fsp3) is 0. The van der Waals surface area contributed by atoms with Gasteiger partial charge in [-0.1, -0.05) is 0 Å². The molecule has 0 aliphatic heterocycles. The van der Waals surface area contributed by atoms with Crippen molar-refractivity contribution in [3.63, 3.8) is 0 Å². The number of aromatic nitrogens is 3. The first-order valence-electron chi connectivity index (χ1n) is 4.14. The molecule has 0 saturated heterocycles. The molecular formula is C9H7N3O2S. The summed E-state index contributed by atoms with van der Waals surface area (Å²) in [5.74, 6) is -1.05. The van der Waals surface area contributed by atoms with E-state index in [4.69, 9.17) is 17.3 Å². The van der Waals surface area contributed by atoms with Gasteiger partial charge in [-0.2, -0.15) is 0 Å². The predicted octanol–water partition coefficient (Wildman–Crippen LogP) is 1.83. The number of carboxylic acids is 1. The second kappa shape index (κ2) is 3.66. The Kier molecular flexibility index (Phi) is 2.34. The molecule has 0 bridgehead atoms. The Labute approximate surface area is 89.8 Å². The minimum absolute atomic E-state index is 0.0491. The van der Waals surface area contributed by atoms with E-state index in [0.717, 1.165) is 0 Å². The molecule has 0 unspecified atom stereocenters. The summed E-state index contributed by atoms with van der Waals surface area (Å²) in [4.78, 5) is 20.2. The quantitative estimate of drug-likeness (QED) is 0.676. The van der Waals surface area contributed by atoms with Gasteiger partial charge in [-0.05, 0) is 24.4 Å². The molecule has 15 heavy (non-hydrogen) atoms. The lowest BCUT2D eigenvalue weighted by Crippen LogP contribution is -1.99. The number of aromatic carboxylic acids is 1. The number of aromatic amines is 2. The first-order chi connectivity index (χ1) is 7.18. The number of carboxylic acid groups (broad SMARTS) is 1. The van der Waals surface area contributed by atoms with Gasteiger partial charge in [0, 0.05) is 18.0 Å². The summed E-state index contributed by atoms with van der Waals surface area (Å²) in [6.07, 6.45) is 3.19. The third-order valence-corrected chi connectivity index (χ3v) is 2.10. The van der Waals surface area contributed by atoms with Gasteiger partial charge in [-0.25, -0.2) is 4.79 Å². The van der Waals surface area contributed by atoms with Crippen molar-refractivity contribution >= 4 is 18.2 Å². The van der Waals surface area contributed by atoms with Crippen LogP contribution in [0.25, 0.3) is 11.3 Å². The highest BCUT2D eigenvalue weighted by Gasteiger charge is 2.14. The maximum Gasteiger partial charge on any atom is 0.354 e. The van der Waals surface area contributed by atoms with E-state index in [1.54, 1.807) is 24.5 Å². The lowest BCUT2D eigenvalue weighted by molar-refractivity contribution is 0.0692. The van der Waals surface area contributed by atoms with Crippen molar-refractivity contribution in [3.05, 3.63) is 35.0 Å². The molecule has 0 atom stereocenters. The molecule has 0 radical (unpaired) electrons. The average molecular weight is 221 g/mol. The topological polar surface area (TPSA) is 81.8 Å². The number of pyridine rings is 1. The fourth-order valence-electron chi connectivity index (χ4n) is 1.27. The van der Waals surface area contributed by atoms with Crippen LogP contribution in [0.4, 0.5) is 0 Å². The molecule has 76 valence electrons. The molecule has 2 aromatic rings. The van der Waals surface area contributed by atoms with Crippen molar-refractivity contribution in [2.45, 2.75) is 0 Å². The molecule has 0 aromatic carbocycles. The molecule has 0 spiro atoms. The molecule has 0 fully saturated rings. The largest absolute Gasteiger partial charge is 0.477 e. The van der Waals surface area contributed by atoms with Crippen LogP contribution in [-0.2, 0) is 0 Å². The molecule has 3 N–H and O–H groups in total. The predicted molar refractivity (Wildman–Crippen MR) is 56.2 cm³/mol. The van der Waals surface area contributed by atoms with Crippen LogP contribution in [0.2, 0.25) is 0 Å². The van der Waals surface area contributed by atoms with Gasteiger partial charge < -0.3 is 15.1 Å². The van der Waals surface area contributed by atoms with E-state index in [1.165, 1.54) is 0 Å². The first-order valence-corrected chi connectivity index (χ1v) is 4.55. The number of imidazole rings is 1. The van der Waals surface area contributed by atoms with Crippen LogP contribution in [0.15, 0.2) is 24.5 Å². The van der Waals surface area contributed by atoms with Gasteiger partial charge >= 0.3 is 5.97 Å². The SMILES string of the molecule is O=C(O)c1[nH]c(=S)[nH]c1-c1cccnc1. The number of carbonyl (C=O) groups is 1. The zero-order valence-electron chi connectivity index (χ0n) is 7.52. The third kappa shape index (κ3) is 1.79. The van der Waals surface area contributed by atoms with Crippen molar-refractivity contribution in [2.75, 3.05) is 0 Å². The van der Waals surface area contributed by atoms with Gasteiger partial charge in [0.2, 0.25) is 0 Å². The molecule has 0 aliphatic carbocycles. The van der Waals surface area contributed by atoms with Gasteiger partial charge in [-0.3, -0.25) is 4.98 Å². The maximum atomic E-state index is 10.9. The van der Waals surface area contributed by atoms with Gasteiger partial charge in [-0.15, -0.1) is 0 Å². The Bertz CT molecular complexity index is 544. The average Bonchev–Trinajstić information content (AvgIpc) is 2.62. The summed E-state index contributed by atoms with van der Waals surface area (Å²) < 4.78 is 0.284. The first kappa shape index (κ1) is 9.60. The lowest BCUT2D eigenvalue weighted by Gasteiger charge is -1.97. The Morgan fingerprint density at radius 3 is 2.87 bits per heavy atom. The summed E-state index contributed by atoms with van der Waals surface area (Å²) in [7, 11) is 0. The summed E-state index contributed by atoms with van der Waals surface area (Å²) in [5, 5.41) is 8.92. The number of rotatable bonds is 2. The van der Waals surface area contributed by atoms with Crippen LogP contribution < -0.4 is 0 Å². The zero-order chi connectivity index (χ0) is 10.8. The standard InChI is InChI=1S/C9H7N3O2S/c13-8(14)7-6(11-9(15)12-7)5-2-1-3-10-4-5/h1-4H,(H,13,14)(H2,11,12,15). The second-order valence-electron chi connectivity index (χ2n) is 2.88. The monoisotopic (exact) mass is 221 g/mol. The number of H-pyrrole nitrogens is 2. The van der Waals surface area contributed by atoms with Crippen molar-refractivity contribution in [3.8, 4) is 11.3 Å². The van der Waals surface area contributed by atoms with E-state index in [2.05, 4.69) is 15.0 Å². The third-order valence-electron chi connectivity index (χ3n) is 1.89. The molecule has 2 rings (SSSR count). The van der Waals surface area contributed by atoms with Crippen LogP contribution >= 0.6 is 12.2 Å². The van der Waals surface area contributed by atoms with E-state index < -0.39 is 5.97 Å². The minimum atomic E-state index is -1.05. The molecule has 5 nitrogen and oxygen atoms in total. The summed E-state index contributed by atoms with van der Waals surface area (Å²) in [6.45, 7) is 0. The van der Waals surface area contributed by atoms with Crippen LogP contribution in [0.1, 0.15) is 10.5 Å². The van der Waals surface area contributed by atoms with Gasteiger partial charge in [0.25, 0.3) is 0 Å². The van der Waals surface area contributed by atoms with E-state index >= 15 is 0 Å². The summed E-state index contributed by atoms with van der Waals surface area (Å²) in [6, 6.07) is 3.48. The van der Waals surface area contributed by atoms with E-state index in [9.17, 15) is 4.79 Å². The van der Waals surface area contributed by atoms with Crippen molar-refractivity contribution in [1.82, 2.24) is 15.0 Å². The van der Waals surface area contributed by atoms with E-state index in [-0.39, 0.29) is 10.5 Å². The molecule has 0 aliphatic rings. The fourth-order valence-corrected chi connectivity index (χ4v) is 1.47. The van der Waals surface area contributed by atoms with Crippen molar-refractivity contribution < 1.29 is 9.90 Å². The van der Waals surface area contributed by atoms with Crippen LogP contribution in [0.5, 0.6) is 0 Å². The number of nitrogens with zero attached hydrogens (tertiary/aromatic N) is 1. The van der Waals surface area contributed by atoms with Crippen LogP contribution in [-0.4, -0.2) is 26.0 Å². The molecular weight excluding hydrogens is 214 g/mol. The number of hydrogen-bond donors (Lipinski definition) is 3. The Morgan fingerprint density at radius 1 is 1.47 bits per heavy atom. The molecule has 0 saturated carbocycles. The highest BCUT2D eigenvalue weighted by atomic mass is 32.1. The second-order valence-corrected chi connectivity index (χ2v) is 3.28. The van der Waals surface area contributed by atoms with Gasteiger partial charge in [0.05, 0.1) is 5.69 Å². The molecule has 2 aromatic heterocycles. The Balaban J connectivity index is 2.63. The Morgan fingerprint density at radius 2 is 2.27 bits per heavy atom. The normalized spacial score (nSPS) is 10.1. The van der Waals surface area contributed by atoms with Crippen molar-refractivity contribution in [2.24, 2.45) is 0 Å². The van der Waals surface area contributed by atoms with E-state index in [1.807, 2.05) is 0 Å². The Hall–Kier alpha value is -1.95. The highest BCUT2D eigenvalue weighted by molar-refractivity contribution is 7.71. The van der Waals surface area contributed by atoms with Gasteiger partial charge in [0.1, 0.15) is 0 Å². The number of nitrogens with one attached hydrogen (secondary N) is 2. The van der Waals surface area contributed by atoms with Crippen molar-refractivity contribution in [1.29, 1.82) is 0 Å². The molecule has 6 heteroatoms. The smallest absolute Gasteiger partial charge is 0.354 e. The highest BCUT2D eigenvalue weighted by Crippen LogP contribution is 2.19. The van der Waals surface area contributed by atoms with Crippen LogP contribution in [0, 0.1) is 4.77 Å². The maximum absolute atomic E-state index is 10.9. The summed E-state index contributed by atoms with van der Waals surface area (Å²) in [5.41, 5.74) is 1.18. The molecule has 2 heterocycles. The minimum Gasteiger partial charge on any atom is -0.477 e. The number of hydrogen-bond acceptors (Lipinski definition) is 3. The van der Waals surface area contributed by atoms with E-state index in [0.29, 0.717) is 11.3 Å². The lowest BCUT2D eigenvalue weighted by atomic mass is 10.2. The van der Waals surface area contributed by atoms with Crippen LogP contribution in [0.3, 0.4) is 0 Å². The molecule has 0 amide bonds. The van der Waals surface area contributed by atoms with Gasteiger partial charge in [0.15, 0.2) is 10.5 Å². The summed E-state index contributed by atoms with van der Waals surface area (Å²) >= 11 is 4.84.